The summed E-state index contributed by atoms with van der Waals surface area (Å²) in [7, 11) is 3.17. The fraction of sp³-hybridized carbons (Fsp3) is 0.389. The van der Waals surface area contributed by atoms with E-state index in [4.69, 9.17) is 9.47 Å². The molecule has 134 valence electrons. The zero-order valence-corrected chi connectivity index (χ0v) is 15.3. The van der Waals surface area contributed by atoms with Gasteiger partial charge >= 0.3 is 0 Å². The largest absolute Gasteiger partial charge is 0.493 e. The van der Waals surface area contributed by atoms with Gasteiger partial charge in [-0.05, 0) is 32.9 Å². The molecule has 7 nitrogen and oxygen atoms in total. The van der Waals surface area contributed by atoms with Gasteiger partial charge in [-0.25, -0.2) is 9.97 Å². The third-order valence-electron chi connectivity index (χ3n) is 3.76. The smallest absolute Gasteiger partial charge is 0.272 e. The number of carbonyl (C=O) groups excluding carboxylic acids is 1. The number of nitrogens with zero attached hydrogens (tertiary/aromatic N) is 3. The van der Waals surface area contributed by atoms with Crippen LogP contribution in [0.25, 0.3) is 0 Å². The standard InChI is InChI=1S/C18H24N4O3/c1-6-22(7-2)18(23)14-11-17(20-12(3)19-14)21-13-8-9-15(24-4)16(10-13)25-5/h8-11H,6-7H2,1-5H3,(H,19,20,21). The van der Waals surface area contributed by atoms with E-state index in [1.807, 2.05) is 26.0 Å². The van der Waals surface area contributed by atoms with E-state index in [0.29, 0.717) is 41.9 Å². The summed E-state index contributed by atoms with van der Waals surface area (Å²) < 4.78 is 10.5. The van der Waals surface area contributed by atoms with Crippen LogP contribution in [-0.2, 0) is 0 Å². The lowest BCUT2D eigenvalue weighted by atomic mass is 10.2. The van der Waals surface area contributed by atoms with Gasteiger partial charge in [-0.1, -0.05) is 0 Å². The number of anilines is 2. The van der Waals surface area contributed by atoms with Crippen LogP contribution in [0.15, 0.2) is 24.3 Å². The van der Waals surface area contributed by atoms with Crippen LogP contribution < -0.4 is 14.8 Å². The maximum Gasteiger partial charge on any atom is 0.272 e. The summed E-state index contributed by atoms with van der Waals surface area (Å²) >= 11 is 0. The van der Waals surface area contributed by atoms with Gasteiger partial charge in [0.2, 0.25) is 0 Å². The minimum Gasteiger partial charge on any atom is -0.493 e. The second-order valence-electron chi connectivity index (χ2n) is 5.36. The van der Waals surface area contributed by atoms with Crippen LogP contribution in [0.5, 0.6) is 11.5 Å². The lowest BCUT2D eigenvalue weighted by Crippen LogP contribution is -2.31. The van der Waals surface area contributed by atoms with Gasteiger partial charge in [-0.3, -0.25) is 4.79 Å². The molecule has 1 aromatic carbocycles. The van der Waals surface area contributed by atoms with E-state index >= 15 is 0 Å². The molecule has 0 radical (unpaired) electrons. The van der Waals surface area contributed by atoms with Crippen molar-refractivity contribution < 1.29 is 14.3 Å². The van der Waals surface area contributed by atoms with Gasteiger partial charge in [-0.2, -0.15) is 0 Å². The first-order valence-electron chi connectivity index (χ1n) is 8.16. The number of aryl methyl sites for hydroxylation is 1. The van der Waals surface area contributed by atoms with Crippen LogP contribution in [0.2, 0.25) is 0 Å². The number of methoxy groups -OCH3 is 2. The summed E-state index contributed by atoms with van der Waals surface area (Å²) in [6, 6.07) is 7.12. The lowest BCUT2D eigenvalue weighted by molar-refractivity contribution is 0.0766. The Balaban J connectivity index is 2.30. The number of nitrogens with one attached hydrogen (secondary N) is 1. The van der Waals surface area contributed by atoms with Crippen molar-refractivity contribution in [2.24, 2.45) is 0 Å². The highest BCUT2D eigenvalue weighted by Crippen LogP contribution is 2.30. The summed E-state index contributed by atoms with van der Waals surface area (Å²) in [6.45, 7) is 6.92. The van der Waals surface area contributed by atoms with Crippen molar-refractivity contribution >= 4 is 17.4 Å². The number of hydrogen-bond acceptors (Lipinski definition) is 6. The SMILES string of the molecule is CCN(CC)C(=O)c1cc(Nc2ccc(OC)c(OC)c2)nc(C)n1. The monoisotopic (exact) mass is 344 g/mol. The van der Waals surface area contributed by atoms with Crippen LogP contribution >= 0.6 is 0 Å². The zero-order valence-electron chi connectivity index (χ0n) is 15.3. The van der Waals surface area contributed by atoms with E-state index in [2.05, 4.69) is 15.3 Å². The molecule has 0 aliphatic carbocycles. The zero-order chi connectivity index (χ0) is 18.4. The maximum absolute atomic E-state index is 12.5. The van der Waals surface area contributed by atoms with Gasteiger partial charge in [-0.15, -0.1) is 0 Å². The Hall–Kier alpha value is -2.83. The summed E-state index contributed by atoms with van der Waals surface area (Å²) in [5, 5.41) is 3.18. The molecular weight excluding hydrogens is 320 g/mol. The van der Waals surface area contributed by atoms with Crippen molar-refractivity contribution in [1.29, 1.82) is 0 Å². The number of benzene rings is 1. The van der Waals surface area contributed by atoms with Crippen molar-refractivity contribution in [2.75, 3.05) is 32.6 Å². The highest BCUT2D eigenvalue weighted by molar-refractivity contribution is 5.93. The second-order valence-corrected chi connectivity index (χ2v) is 5.36. The van der Waals surface area contributed by atoms with E-state index in [9.17, 15) is 4.79 Å². The number of carbonyl (C=O) groups is 1. The van der Waals surface area contributed by atoms with Gasteiger partial charge in [0.15, 0.2) is 11.5 Å². The second kappa shape index (κ2) is 8.32. The third kappa shape index (κ3) is 4.37. The van der Waals surface area contributed by atoms with Crippen molar-refractivity contribution in [3.8, 4) is 11.5 Å². The Labute approximate surface area is 148 Å². The van der Waals surface area contributed by atoms with E-state index in [1.165, 1.54) is 0 Å². The van der Waals surface area contributed by atoms with Gasteiger partial charge in [0, 0.05) is 30.9 Å². The van der Waals surface area contributed by atoms with Gasteiger partial charge in [0.05, 0.1) is 14.2 Å². The quantitative estimate of drug-likeness (QED) is 0.832. The number of amides is 1. The van der Waals surface area contributed by atoms with Crippen LogP contribution in [-0.4, -0.2) is 48.1 Å². The van der Waals surface area contributed by atoms with Gasteiger partial charge in [0.25, 0.3) is 5.91 Å². The summed E-state index contributed by atoms with van der Waals surface area (Å²) in [5.41, 5.74) is 1.15. The summed E-state index contributed by atoms with van der Waals surface area (Å²) in [4.78, 5) is 22.9. The average Bonchev–Trinajstić information content (AvgIpc) is 2.62. The molecule has 0 fully saturated rings. The van der Waals surface area contributed by atoms with Crippen LogP contribution in [0, 0.1) is 6.92 Å². The molecule has 1 N–H and O–H groups in total. The predicted molar refractivity (Wildman–Crippen MR) is 96.8 cm³/mol. The molecule has 0 aliphatic rings. The van der Waals surface area contributed by atoms with Crippen LogP contribution in [0.1, 0.15) is 30.2 Å². The van der Waals surface area contributed by atoms with E-state index in [1.54, 1.807) is 38.2 Å². The Morgan fingerprint density at radius 1 is 1.08 bits per heavy atom. The molecule has 0 bridgehead atoms. The molecule has 0 atom stereocenters. The van der Waals surface area contributed by atoms with Crippen molar-refractivity contribution in [3.63, 3.8) is 0 Å². The van der Waals surface area contributed by atoms with E-state index in [-0.39, 0.29) is 5.91 Å². The molecular formula is C18H24N4O3. The first-order chi connectivity index (χ1) is 12.0. The topological polar surface area (TPSA) is 76.6 Å². The normalized spacial score (nSPS) is 10.3. The minimum absolute atomic E-state index is 0.106. The van der Waals surface area contributed by atoms with Crippen molar-refractivity contribution in [3.05, 3.63) is 35.8 Å². The molecule has 7 heteroatoms. The molecule has 1 aromatic heterocycles. The van der Waals surface area contributed by atoms with Gasteiger partial charge < -0.3 is 19.7 Å². The predicted octanol–water partition coefficient (Wildman–Crippen LogP) is 3.03. The first kappa shape index (κ1) is 18.5. The van der Waals surface area contributed by atoms with Crippen molar-refractivity contribution in [2.45, 2.75) is 20.8 Å². The maximum atomic E-state index is 12.5. The summed E-state index contributed by atoms with van der Waals surface area (Å²) in [5.74, 6) is 2.23. The molecule has 0 saturated carbocycles. The summed E-state index contributed by atoms with van der Waals surface area (Å²) in [6.07, 6.45) is 0. The molecule has 0 spiro atoms. The van der Waals surface area contributed by atoms with Gasteiger partial charge in [0.1, 0.15) is 17.3 Å². The Bertz CT molecular complexity index is 745. The molecule has 0 saturated heterocycles. The fourth-order valence-electron chi connectivity index (χ4n) is 2.48. The molecule has 2 aromatic rings. The average molecular weight is 344 g/mol. The molecule has 1 heterocycles. The molecule has 0 unspecified atom stereocenters. The van der Waals surface area contributed by atoms with E-state index < -0.39 is 0 Å². The molecule has 2 rings (SSSR count). The minimum atomic E-state index is -0.106. The number of ether oxygens (including phenoxy) is 2. The Morgan fingerprint density at radius 3 is 2.36 bits per heavy atom. The molecule has 0 aliphatic heterocycles. The third-order valence-corrected chi connectivity index (χ3v) is 3.76. The number of hydrogen-bond donors (Lipinski definition) is 1. The van der Waals surface area contributed by atoms with E-state index in [0.717, 1.165) is 5.69 Å². The Kier molecular flexibility index (Phi) is 6.16. The highest BCUT2D eigenvalue weighted by atomic mass is 16.5. The fourth-order valence-corrected chi connectivity index (χ4v) is 2.48. The van der Waals surface area contributed by atoms with Crippen LogP contribution in [0.3, 0.4) is 0 Å². The molecule has 1 amide bonds. The molecule has 25 heavy (non-hydrogen) atoms. The number of rotatable bonds is 7. The highest BCUT2D eigenvalue weighted by Gasteiger charge is 2.16. The van der Waals surface area contributed by atoms with Crippen LogP contribution in [0.4, 0.5) is 11.5 Å². The lowest BCUT2D eigenvalue weighted by Gasteiger charge is -2.18. The Morgan fingerprint density at radius 2 is 1.76 bits per heavy atom. The van der Waals surface area contributed by atoms with Crippen molar-refractivity contribution in [1.82, 2.24) is 14.9 Å². The number of aromatic nitrogens is 2. The first-order valence-corrected chi connectivity index (χ1v) is 8.16.